The van der Waals surface area contributed by atoms with Crippen molar-refractivity contribution in [2.75, 3.05) is 11.5 Å². The zero-order chi connectivity index (χ0) is 9.84. The fourth-order valence-corrected chi connectivity index (χ4v) is 1.18. The Morgan fingerprint density at radius 2 is 2.31 bits per heavy atom. The molecule has 5 nitrogen and oxygen atoms in total. The molecule has 5 heteroatoms. The van der Waals surface area contributed by atoms with Gasteiger partial charge in [-0.1, -0.05) is 13.3 Å². The lowest BCUT2D eigenvalue weighted by Crippen LogP contribution is -2.18. The van der Waals surface area contributed by atoms with Gasteiger partial charge in [-0.05, 0) is 6.42 Å². The Hall–Kier alpha value is -1.23. The maximum absolute atomic E-state index is 9.48. The lowest BCUT2D eigenvalue weighted by molar-refractivity contribution is 0.140. The molecule has 5 N–H and O–H groups in total. The number of nitrogens with zero attached hydrogens (tertiary/aromatic N) is 2. The maximum Gasteiger partial charge on any atom is 0.145 e. The van der Waals surface area contributed by atoms with E-state index in [0.717, 1.165) is 12.8 Å². The van der Waals surface area contributed by atoms with Crippen molar-refractivity contribution in [3.63, 3.8) is 0 Å². The predicted octanol–water partition coefficient (Wildman–Crippen LogP) is 0.209. The monoisotopic (exact) mass is 184 g/mol. The minimum atomic E-state index is -0.397. The molecular formula is C8H16N4O. The van der Waals surface area contributed by atoms with Gasteiger partial charge in [0.2, 0.25) is 0 Å². The van der Waals surface area contributed by atoms with Crippen LogP contribution in [0.5, 0.6) is 0 Å². The van der Waals surface area contributed by atoms with Crippen molar-refractivity contribution in [2.24, 2.45) is 0 Å². The van der Waals surface area contributed by atoms with Gasteiger partial charge < -0.3 is 16.6 Å². The van der Waals surface area contributed by atoms with Crippen molar-refractivity contribution < 1.29 is 5.11 Å². The first kappa shape index (κ1) is 9.85. The number of aromatic nitrogens is 2. The van der Waals surface area contributed by atoms with Crippen molar-refractivity contribution >= 4 is 11.5 Å². The molecule has 1 heterocycles. The quantitative estimate of drug-likeness (QED) is 0.624. The summed E-state index contributed by atoms with van der Waals surface area (Å²) in [5.41, 5.74) is 11.6. The fourth-order valence-electron chi connectivity index (χ4n) is 1.18. The fraction of sp³-hybridized carbons (Fsp3) is 0.625. The first-order chi connectivity index (χ1) is 6.15. The van der Waals surface area contributed by atoms with Gasteiger partial charge in [-0.3, -0.25) is 0 Å². The van der Waals surface area contributed by atoms with Crippen LogP contribution in [0.4, 0.5) is 11.5 Å². The summed E-state index contributed by atoms with van der Waals surface area (Å²) in [5, 5.41) is 13.4. The van der Waals surface area contributed by atoms with Gasteiger partial charge in [0, 0.05) is 0 Å². The predicted molar refractivity (Wildman–Crippen MR) is 52.0 cm³/mol. The van der Waals surface area contributed by atoms with Crippen LogP contribution in [0.1, 0.15) is 19.8 Å². The number of hydrogen-bond acceptors (Lipinski definition) is 4. The van der Waals surface area contributed by atoms with Gasteiger partial charge in [-0.25, -0.2) is 4.68 Å². The molecule has 74 valence electrons. The van der Waals surface area contributed by atoms with Crippen LogP contribution in [0.2, 0.25) is 0 Å². The van der Waals surface area contributed by atoms with E-state index in [-0.39, 0.29) is 0 Å². The van der Waals surface area contributed by atoms with Gasteiger partial charge in [0.25, 0.3) is 0 Å². The zero-order valence-electron chi connectivity index (χ0n) is 7.77. The second kappa shape index (κ2) is 4.13. The molecule has 13 heavy (non-hydrogen) atoms. The van der Waals surface area contributed by atoms with Gasteiger partial charge in [0.15, 0.2) is 0 Å². The van der Waals surface area contributed by atoms with E-state index < -0.39 is 6.10 Å². The SMILES string of the molecule is CCCC(O)Cn1ncc(N)c1N. The van der Waals surface area contributed by atoms with Crippen LogP contribution in [-0.2, 0) is 6.54 Å². The van der Waals surface area contributed by atoms with Crippen molar-refractivity contribution in [2.45, 2.75) is 32.4 Å². The smallest absolute Gasteiger partial charge is 0.145 e. The number of anilines is 2. The van der Waals surface area contributed by atoms with Crippen molar-refractivity contribution in [1.29, 1.82) is 0 Å². The van der Waals surface area contributed by atoms with Crippen molar-refractivity contribution in [1.82, 2.24) is 9.78 Å². The molecule has 0 aliphatic carbocycles. The van der Waals surface area contributed by atoms with Gasteiger partial charge >= 0.3 is 0 Å². The maximum atomic E-state index is 9.48. The van der Waals surface area contributed by atoms with Crippen LogP contribution in [0.3, 0.4) is 0 Å². The first-order valence-electron chi connectivity index (χ1n) is 4.40. The van der Waals surface area contributed by atoms with Crippen molar-refractivity contribution in [3.8, 4) is 0 Å². The Bertz CT molecular complexity index is 271. The molecule has 0 saturated heterocycles. The summed E-state index contributed by atoms with van der Waals surface area (Å²) in [6.45, 7) is 2.43. The number of nitrogens with two attached hydrogens (primary N) is 2. The Morgan fingerprint density at radius 3 is 2.77 bits per heavy atom. The summed E-state index contributed by atoms with van der Waals surface area (Å²) in [5.74, 6) is 0.426. The van der Waals surface area contributed by atoms with E-state index in [0.29, 0.717) is 18.1 Å². The summed E-state index contributed by atoms with van der Waals surface area (Å²) in [6, 6.07) is 0. The van der Waals surface area contributed by atoms with Crippen molar-refractivity contribution in [3.05, 3.63) is 6.20 Å². The Kier molecular flexibility index (Phi) is 3.13. The van der Waals surface area contributed by atoms with Gasteiger partial charge in [-0.2, -0.15) is 5.10 Å². The lowest BCUT2D eigenvalue weighted by atomic mass is 10.2. The van der Waals surface area contributed by atoms with Crippen LogP contribution < -0.4 is 11.5 Å². The molecule has 0 radical (unpaired) electrons. The normalized spacial score (nSPS) is 13.1. The summed E-state index contributed by atoms with van der Waals surface area (Å²) >= 11 is 0. The topological polar surface area (TPSA) is 90.1 Å². The largest absolute Gasteiger partial charge is 0.394 e. The number of rotatable bonds is 4. The molecule has 0 fully saturated rings. The third-order valence-corrected chi connectivity index (χ3v) is 1.92. The molecule has 0 saturated carbocycles. The molecule has 0 amide bonds. The minimum absolute atomic E-state index is 0.397. The van der Waals surface area contributed by atoms with E-state index in [4.69, 9.17) is 11.5 Å². The van der Waals surface area contributed by atoms with E-state index >= 15 is 0 Å². The number of nitrogen functional groups attached to an aromatic ring is 2. The van der Waals surface area contributed by atoms with Crippen LogP contribution in [0, 0.1) is 0 Å². The van der Waals surface area contributed by atoms with E-state index in [1.807, 2.05) is 6.92 Å². The molecule has 1 aromatic rings. The first-order valence-corrected chi connectivity index (χ1v) is 4.40. The molecule has 0 aliphatic heterocycles. The van der Waals surface area contributed by atoms with Crippen LogP contribution in [-0.4, -0.2) is 21.0 Å². The molecule has 1 atom stereocenters. The minimum Gasteiger partial charge on any atom is -0.394 e. The molecular weight excluding hydrogens is 168 g/mol. The van der Waals surface area contributed by atoms with Gasteiger partial charge in [0.1, 0.15) is 5.82 Å². The highest BCUT2D eigenvalue weighted by Gasteiger charge is 2.08. The molecule has 1 aromatic heterocycles. The third-order valence-electron chi connectivity index (χ3n) is 1.92. The van der Waals surface area contributed by atoms with E-state index in [1.165, 1.54) is 10.9 Å². The molecule has 0 aromatic carbocycles. The zero-order valence-corrected chi connectivity index (χ0v) is 7.77. The Morgan fingerprint density at radius 1 is 1.62 bits per heavy atom. The Labute approximate surface area is 77.3 Å². The highest BCUT2D eigenvalue weighted by Crippen LogP contribution is 2.13. The summed E-state index contributed by atoms with van der Waals surface area (Å²) in [7, 11) is 0. The van der Waals surface area contributed by atoms with E-state index in [9.17, 15) is 5.11 Å². The van der Waals surface area contributed by atoms with E-state index in [1.54, 1.807) is 0 Å². The second-order valence-corrected chi connectivity index (χ2v) is 3.11. The average molecular weight is 184 g/mol. The lowest BCUT2D eigenvalue weighted by Gasteiger charge is -2.10. The highest BCUT2D eigenvalue weighted by atomic mass is 16.3. The molecule has 0 aliphatic rings. The van der Waals surface area contributed by atoms with Crippen LogP contribution in [0.15, 0.2) is 6.20 Å². The van der Waals surface area contributed by atoms with E-state index in [2.05, 4.69) is 5.10 Å². The second-order valence-electron chi connectivity index (χ2n) is 3.11. The standard InChI is InChI=1S/C8H16N4O/c1-2-3-6(13)5-12-8(10)7(9)4-11-12/h4,6,13H,2-3,5,9-10H2,1H3. The number of aliphatic hydroxyl groups excluding tert-OH is 1. The average Bonchev–Trinajstić information content (AvgIpc) is 2.37. The number of hydrogen-bond donors (Lipinski definition) is 3. The molecule has 0 spiro atoms. The molecule has 0 bridgehead atoms. The molecule has 1 unspecified atom stereocenters. The highest BCUT2D eigenvalue weighted by molar-refractivity contribution is 5.56. The van der Waals surface area contributed by atoms with Crippen LogP contribution in [0.25, 0.3) is 0 Å². The van der Waals surface area contributed by atoms with Gasteiger partial charge in [-0.15, -0.1) is 0 Å². The number of aliphatic hydroxyl groups is 1. The van der Waals surface area contributed by atoms with Crippen LogP contribution >= 0.6 is 0 Å². The molecule has 1 rings (SSSR count). The van der Waals surface area contributed by atoms with Gasteiger partial charge in [0.05, 0.1) is 24.5 Å². The summed E-state index contributed by atoms with van der Waals surface area (Å²) in [6.07, 6.45) is 2.79. The summed E-state index contributed by atoms with van der Waals surface area (Å²) < 4.78 is 1.52. The Balaban J connectivity index is 2.58. The third kappa shape index (κ3) is 2.35. The summed E-state index contributed by atoms with van der Waals surface area (Å²) in [4.78, 5) is 0.